The minimum absolute atomic E-state index is 0.0870. The Kier molecular flexibility index (Phi) is 6.75. The topological polar surface area (TPSA) is 15.6 Å². The molecule has 2 nitrogen and oxygen atoms in total. The van der Waals surface area contributed by atoms with Crippen molar-refractivity contribution in [2.45, 2.75) is 37.6 Å². The fraction of sp³-hybridized carbons (Fsp3) is 0.350. The zero-order valence-electron chi connectivity index (χ0n) is 15.4. The molecular formula is C20H23F3N2S. The molecule has 0 atom stereocenters. The molecule has 2 aromatic rings. The summed E-state index contributed by atoms with van der Waals surface area (Å²) in [4.78, 5) is 6.73. The number of rotatable bonds is 6. The minimum Gasteiger partial charge on any atom is -0.366 e. The van der Waals surface area contributed by atoms with E-state index in [0.717, 1.165) is 34.5 Å². The highest BCUT2D eigenvalue weighted by molar-refractivity contribution is 8.00. The second-order valence-electron chi connectivity index (χ2n) is 6.25. The van der Waals surface area contributed by atoms with Crippen molar-refractivity contribution in [3.63, 3.8) is 0 Å². The highest BCUT2D eigenvalue weighted by atomic mass is 32.2. The lowest BCUT2D eigenvalue weighted by Crippen LogP contribution is -2.14. The molecule has 0 N–H and O–H groups in total. The summed E-state index contributed by atoms with van der Waals surface area (Å²) < 4.78 is 37.2. The molecule has 2 rings (SSSR count). The summed E-state index contributed by atoms with van der Waals surface area (Å²) in [6.07, 6.45) is 2.50. The van der Waals surface area contributed by atoms with Crippen LogP contribution in [0.2, 0.25) is 0 Å². The van der Waals surface area contributed by atoms with E-state index in [1.165, 1.54) is 12.1 Å². The van der Waals surface area contributed by atoms with Crippen LogP contribution in [0.3, 0.4) is 0 Å². The highest BCUT2D eigenvalue weighted by Gasteiger charge is 2.28. The van der Waals surface area contributed by atoms with Crippen LogP contribution in [0, 0.1) is 13.8 Å². The van der Waals surface area contributed by atoms with Crippen molar-refractivity contribution in [1.29, 1.82) is 0 Å². The summed E-state index contributed by atoms with van der Waals surface area (Å²) in [6.45, 7) is 7.00. The molecule has 2 aromatic carbocycles. The zero-order valence-corrected chi connectivity index (χ0v) is 16.2. The lowest BCUT2D eigenvalue weighted by atomic mass is 9.97. The van der Waals surface area contributed by atoms with E-state index in [-0.39, 0.29) is 16.7 Å². The molecular weight excluding hydrogens is 357 g/mol. The third-order valence-corrected chi connectivity index (χ3v) is 4.84. The largest absolute Gasteiger partial charge is 0.446 e. The van der Waals surface area contributed by atoms with Crippen LogP contribution in [-0.4, -0.2) is 30.3 Å². The van der Waals surface area contributed by atoms with Crippen molar-refractivity contribution in [2.24, 2.45) is 4.99 Å². The number of benzene rings is 2. The van der Waals surface area contributed by atoms with Crippen molar-refractivity contribution < 1.29 is 13.2 Å². The lowest BCUT2D eigenvalue weighted by Gasteiger charge is -2.12. The SMILES string of the molecule is CCN(C)C=Nc1cc(C)c(Cc2ccc(SC(F)(F)F)cc2)cc1C. The Bertz CT molecular complexity index is 768. The van der Waals surface area contributed by atoms with Crippen LogP contribution >= 0.6 is 11.8 Å². The molecule has 0 aromatic heterocycles. The molecule has 0 aliphatic carbocycles. The van der Waals surface area contributed by atoms with Crippen molar-refractivity contribution in [3.05, 3.63) is 58.7 Å². The van der Waals surface area contributed by atoms with Crippen molar-refractivity contribution in [3.8, 4) is 0 Å². The standard InChI is InChI=1S/C20H23F3N2S/c1-5-25(4)13-24-19-11-14(2)17(10-15(19)3)12-16-6-8-18(9-7-16)26-20(21,22)23/h6-11,13H,5,12H2,1-4H3. The highest BCUT2D eigenvalue weighted by Crippen LogP contribution is 2.36. The number of halogens is 3. The summed E-state index contributed by atoms with van der Waals surface area (Å²) in [6, 6.07) is 10.7. The third kappa shape index (κ3) is 6.09. The molecule has 0 fully saturated rings. The predicted octanol–water partition coefficient (Wildman–Crippen LogP) is 6.12. The molecule has 6 heteroatoms. The number of aliphatic imine (C=N–C) groups is 1. The first kappa shape index (κ1) is 20.4. The Morgan fingerprint density at radius 3 is 2.31 bits per heavy atom. The van der Waals surface area contributed by atoms with E-state index in [1.807, 2.05) is 32.1 Å². The van der Waals surface area contributed by atoms with Crippen molar-refractivity contribution in [2.75, 3.05) is 13.6 Å². The Labute approximate surface area is 157 Å². The van der Waals surface area contributed by atoms with Gasteiger partial charge in [-0.1, -0.05) is 18.2 Å². The van der Waals surface area contributed by atoms with Crippen LogP contribution in [0.25, 0.3) is 0 Å². The van der Waals surface area contributed by atoms with Gasteiger partial charge in [-0.25, -0.2) is 4.99 Å². The molecule has 0 heterocycles. The normalized spacial score (nSPS) is 12.0. The number of thioether (sulfide) groups is 1. The first-order valence-electron chi connectivity index (χ1n) is 8.37. The molecule has 0 amide bonds. The van der Waals surface area contributed by atoms with E-state index in [1.54, 1.807) is 12.1 Å². The number of aryl methyl sites for hydroxylation is 2. The van der Waals surface area contributed by atoms with Crippen LogP contribution in [0.4, 0.5) is 18.9 Å². The smallest absolute Gasteiger partial charge is 0.366 e. The average molecular weight is 380 g/mol. The quantitative estimate of drug-likeness (QED) is 0.341. The molecule has 0 unspecified atom stereocenters. The van der Waals surface area contributed by atoms with E-state index < -0.39 is 5.51 Å². The van der Waals surface area contributed by atoms with Crippen LogP contribution in [0.1, 0.15) is 29.2 Å². The average Bonchev–Trinajstić information content (AvgIpc) is 2.56. The number of nitrogens with zero attached hydrogens (tertiary/aromatic N) is 2. The van der Waals surface area contributed by atoms with Gasteiger partial charge in [0.05, 0.1) is 12.0 Å². The van der Waals surface area contributed by atoms with Gasteiger partial charge in [0.2, 0.25) is 0 Å². The predicted molar refractivity (Wildman–Crippen MR) is 104 cm³/mol. The number of hydrogen-bond acceptors (Lipinski definition) is 2. The van der Waals surface area contributed by atoms with E-state index in [4.69, 9.17) is 0 Å². The van der Waals surface area contributed by atoms with Gasteiger partial charge in [0, 0.05) is 18.5 Å². The molecule has 140 valence electrons. The van der Waals surface area contributed by atoms with Gasteiger partial charge in [0.15, 0.2) is 0 Å². The first-order chi connectivity index (χ1) is 12.2. The molecule has 26 heavy (non-hydrogen) atoms. The second kappa shape index (κ2) is 8.62. The van der Waals surface area contributed by atoms with Crippen LogP contribution in [0.15, 0.2) is 46.3 Å². The van der Waals surface area contributed by atoms with Crippen LogP contribution < -0.4 is 0 Å². The molecule has 0 radical (unpaired) electrons. The maximum Gasteiger partial charge on any atom is 0.446 e. The van der Waals surface area contributed by atoms with Gasteiger partial charge in [-0.15, -0.1) is 0 Å². The van der Waals surface area contributed by atoms with E-state index >= 15 is 0 Å². The Morgan fingerprint density at radius 1 is 1.08 bits per heavy atom. The Balaban J connectivity index is 2.14. The van der Waals surface area contributed by atoms with Gasteiger partial charge < -0.3 is 4.90 Å². The zero-order chi connectivity index (χ0) is 19.3. The number of alkyl halides is 3. The molecule has 0 spiro atoms. The van der Waals surface area contributed by atoms with Crippen molar-refractivity contribution >= 4 is 23.8 Å². The monoisotopic (exact) mass is 380 g/mol. The summed E-state index contributed by atoms with van der Waals surface area (Å²) in [5.74, 6) is 0. The third-order valence-electron chi connectivity index (χ3n) is 4.10. The maximum atomic E-state index is 12.4. The summed E-state index contributed by atoms with van der Waals surface area (Å²) >= 11 is -0.0870. The van der Waals surface area contributed by atoms with Gasteiger partial charge in [0.25, 0.3) is 0 Å². The van der Waals surface area contributed by atoms with E-state index in [0.29, 0.717) is 6.42 Å². The second-order valence-corrected chi connectivity index (χ2v) is 7.39. The Hall–Kier alpha value is -1.95. The minimum atomic E-state index is -4.25. The fourth-order valence-electron chi connectivity index (χ4n) is 2.46. The number of hydrogen-bond donors (Lipinski definition) is 0. The lowest BCUT2D eigenvalue weighted by molar-refractivity contribution is -0.0328. The molecule has 0 aliphatic rings. The Morgan fingerprint density at radius 2 is 1.73 bits per heavy atom. The molecule has 0 saturated carbocycles. The summed E-state index contributed by atoms with van der Waals surface area (Å²) in [5.41, 5.74) is 1.02. The fourth-order valence-corrected chi connectivity index (χ4v) is 3.00. The van der Waals surface area contributed by atoms with E-state index in [2.05, 4.69) is 24.0 Å². The maximum absolute atomic E-state index is 12.4. The summed E-state index contributed by atoms with van der Waals surface area (Å²) in [5, 5.41) is 0. The van der Waals surface area contributed by atoms with Crippen molar-refractivity contribution in [1.82, 2.24) is 4.90 Å². The van der Waals surface area contributed by atoms with E-state index in [9.17, 15) is 13.2 Å². The molecule has 0 aliphatic heterocycles. The molecule has 0 bridgehead atoms. The van der Waals surface area contributed by atoms with Gasteiger partial charge in [-0.05, 0) is 79.4 Å². The first-order valence-corrected chi connectivity index (χ1v) is 9.19. The summed E-state index contributed by atoms with van der Waals surface area (Å²) in [7, 11) is 1.97. The van der Waals surface area contributed by atoms with Crippen LogP contribution in [0.5, 0.6) is 0 Å². The van der Waals surface area contributed by atoms with Gasteiger partial charge in [-0.2, -0.15) is 13.2 Å². The van der Waals surface area contributed by atoms with Gasteiger partial charge in [-0.3, -0.25) is 0 Å². The van der Waals surface area contributed by atoms with Gasteiger partial charge in [0.1, 0.15) is 0 Å². The van der Waals surface area contributed by atoms with Gasteiger partial charge >= 0.3 is 5.51 Å². The molecule has 0 saturated heterocycles. The van der Waals surface area contributed by atoms with Crippen LogP contribution in [-0.2, 0) is 6.42 Å².